The highest BCUT2D eigenvalue weighted by Gasteiger charge is 2.17. The third-order valence-electron chi connectivity index (χ3n) is 5.16. The maximum atomic E-state index is 12.8. The number of hydrogen-bond acceptors (Lipinski definition) is 7. The third-order valence-corrected chi connectivity index (χ3v) is 6.54. The van der Waals surface area contributed by atoms with E-state index in [0.29, 0.717) is 47.4 Å². The molecule has 1 heterocycles. The van der Waals surface area contributed by atoms with E-state index in [4.69, 9.17) is 18.9 Å². The Balaban J connectivity index is 1.31. The topological polar surface area (TPSA) is 112 Å². The second kappa shape index (κ2) is 10.6. The quantitative estimate of drug-likeness (QED) is 0.439. The number of ether oxygens (including phenoxy) is 4. The summed E-state index contributed by atoms with van der Waals surface area (Å²) in [6.45, 7) is 4.42. The highest BCUT2D eigenvalue weighted by molar-refractivity contribution is 7.92. The van der Waals surface area contributed by atoms with E-state index in [1.165, 1.54) is 18.2 Å². The van der Waals surface area contributed by atoms with Crippen LogP contribution in [0.15, 0.2) is 65.6 Å². The highest BCUT2D eigenvalue weighted by Crippen LogP contribution is 2.32. The summed E-state index contributed by atoms with van der Waals surface area (Å²) >= 11 is 0. The fraction of sp³-hybridized carbons (Fsp3) is 0.240. The van der Waals surface area contributed by atoms with Crippen LogP contribution in [0.5, 0.6) is 23.0 Å². The molecule has 184 valence electrons. The predicted octanol–water partition coefficient (Wildman–Crippen LogP) is 3.62. The minimum absolute atomic E-state index is 0.0866. The van der Waals surface area contributed by atoms with E-state index >= 15 is 0 Å². The van der Waals surface area contributed by atoms with Gasteiger partial charge in [-0.3, -0.25) is 9.52 Å². The second-order valence-corrected chi connectivity index (χ2v) is 9.43. The molecule has 0 atom stereocenters. The van der Waals surface area contributed by atoms with Gasteiger partial charge in [-0.2, -0.15) is 0 Å². The maximum absolute atomic E-state index is 12.8. The lowest BCUT2D eigenvalue weighted by Gasteiger charge is -2.13. The number of hydrogen-bond donors (Lipinski definition) is 2. The molecule has 0 saturated carbocycles. The summed E-state index contributed by atoms with van der Waals surface area (Å²) < 4.78 is 49.7. The fourth-order valence-corrected chi connectivity index (χ4v) is 4.54. The Morgan fingerprint density at radius 1 is 0.971 bits per heavy atom. The van der Waals surface area contributed by atoms with Gasteiger partial charge in [0.25, 0.3) is 15.9 Å². The number of nitrogens with one attached hydrogen (secondary N) is 2. The zero-order valence-electron chi connectivity index (χ0n) is 19.4. The molecule has 3 aromatic carbocycles. The predicted molar refractivity (Wildman–Crippen MR) is 130 cm³/mol. The molecular weight excluding hydrogens is 472 g/mol. The van der Waals surface area contributed by atoms with Crippen LogP contribution in [0.3, 0.4) is 0 Å². The maximum Gasteiger partial charge on any atom is 0.261 e. The van der Waals surface area contributed by atoms with Crippen LogP contribution < -0.4 is 29.0 Å². The van der Waals surface area contributed by atoms with Crippen LogP contribution in [0.4, 0.5) is 5.69 Å². The summed E-state index contributed by atoms with van der Waals surface area (Å²) in [5.41, 5.74) is 1.88. The zero-order valence-corrected chi connectivity index (χ0v) is 20.2. The van der Waals surface area contributed by atoms with E-state index in [9.17, 15) is 13.2 Å². The van der Waals surface area contributed by atoms with Gasteiger partial charge in [-0.25, -0.2) is 8.42 Å². The Kier molecular flexibility index (Phi) is 7.31. The van der Waals surface area contributed by atoms with Crippen molar-refractivity contribution in [3.05, 3.63) is 71.8 Å². The molecule has 0 aliphatic carbocycles. The van der Waals surface area contributed by atoms with Gasteiger partial charge in [0.15, 0.2) is 18.1 Å². The Morgan fingerprint density at radius 2 is 1.74 bits per heavy atom. The molecule has 0 fully saturated rings. The first-order valence-corrected chi connectivity index (χ1v) is 12.5. The van der Waals surface area contributed by atoms with E-state index in [1.807, 2.05) is 19.1 Å². The lowest BCUT2D eigenvalue weighted by Crippen LogP contribution is -2.28. The molecule has 0 unspecified atom stereocenters. The third kappa shape index (κ3) is 6.15. The van der Waals surface area contributed by atoms with Crippen LogP contribution in [0.2, 0.25) is 0 Å². The minimum Gasteiger partial charge on any atom is -0.494 e. The van der Waals surface area contributed by atoms with E-state index < -0.39 is 10.0 Å². The Hall–Kier alpha value is -3.92. The highest BCUT2D eigenvalue weighted by atomic mass is 32.2. The first kappa shape index (κ1) is 24.2. The van der Waals surface area contributed by atoms with Crippen LogP contribution in [0, 0.1) is 6.92 Å². The second-order valence-electron chi connectivity index (χ2n) is 7.74. The molecule has 1 amide bonds. The molecule has 9 nitrogen and oxygen atoms in total. The number of aryl methyl sites for hydroxylation is 1. The molecule has 0 radical (unpaired) electrons. The van der Waals surface area contributed by atoms with Gasteiger partial charge >= 0.3 is 0 Å². The molecule has 0 saturated heterocycles. The summed E-state index contributed by atoms with van der Waals surface area (Å²) in [7, 11) is -3.80. The van der Waals surface area contributed by atoms with Gasteiger partial charge in [-0.1, -0.05) is 6.07 Å². The summed E-state index contributed by atoms with van der Waals surface area (Å²) in [6, 6.07) is 16.6. The first-order chi connectivity index (χ1) is 16.8. The first-order valence-electron chi connectivity index (χ1n) is 11.0. The Bertz CT molecular complexity index is 1310. The normalized spacial score (nSPS) is 12.2. The van der Waals surface area contributed by atoms with Crippen molar-refractivity contribution in [3.8, 4) is 23.0 Å². The largest absolute Gasteiger partial charge is 0.494 e. The van der Waals surface area contributed by atoms with E-state index in [0.717, 1.165) is 5.56 Å². The Labute approximate surface area is 204 Å². The van der Waals surface area contributed by atoms with Crippen LogP contribution >= 0.6 is 0 Å². The summed E-state index contributed by atoms with van der Waals surface area (Å²) in [4.78, 5) is 12.3. The van der Waals surface area contributed by atoms with Gasteiger partial charge in [0.05, 0.1) is 11.5 Å². The van der Waals surface area contributed by atoms with E-state index in [1.54, 1.807) is 37.3 Å². The van der Waals surface area contributed by atoms with Crippen LogP contribution in [-0.4, -0.2) is 34.3 Å². The summed E-state index contributed by atoms with van der Waals surface area (Å²) in [5, 5.41) is 2.78. The number of sulfonamides is 1. The molecule has 0 spiro atoms. The number of rotatable bonds is 10. The van der Waals surface area contributed by atoms with Crippen molar-refractivity contribution >= 4 is 21.6 Å². The zero-order chi connectivity index (χ0) is 24.8. The van der Waals surface area contributed by atoms with Gasteiger partial charge in [0, 0.05) is 12.2 Å². The van der Waals surface area contributed by atoms with Crippen molar-refractivity contribution < 1.29 is 32.2 Å². The van der Waals surface area contributed by atoms with Crippen LogP contribution in [0.1, 0.15) is 18.1 Å². The molecule has 0 aromatic heterocycles. The van der Waals surface area contributed by atoms with Gasteiger partial charge in [0.2, 0.25) is 6.79 Å². The van der Waals surface area contributed by atoms with Gasteiger partial charge < -0.3 is 24.3 Å². The lowest BCUT2D eigenvalue weighted by atomic mass is 10.2. The molecule has 4 rings (SSSR count). The Morgan fingerprint density at radius 3 is 2.49 bits per heavy atom. The molecule has 3 aromatic rings. The van der Waals surface area contributed by atoms with E-state index in [-0.39, 0.29) is 24.2 Å². The van der Waals surface area contributed by atoms with Crippen molar-refractivity contribution in [2.24, 2.45) is 0 Å². The molecule has 35 heavy (non-hydrogen) atoms. The molecule has 2 N–H and O–H groups in total. The smallest absolute Gasteiger partial charge is 0.261 e. The van der Waals surface area contributed by atoms with Crippen molar-refractivity contribution in [1.82, 2.24) is 5.32 Å². The lowest BCUT2D eigenvalue weighted by molar-refractivity contribution is -0.123. The number of carbonyl (C=O) groups is 1. The van der Waals surface area contributed by atoms with E-state index in [2.05, 4.69) is 10.0 Å². The minimum atomic E-state index is -3.80. The number of carbonyl (C=O) groups excluding carboxylic acids is 1. The van der Waals surface area contributed by atoms with Gasteiger partial charge in [-0.15, -0.1) is 0 Å². The number of benzene rings is 3. The fourth-order valence-electron chi connectivity index (χ4n) is 3.40. The summed E-state index contributed by atoms with van der Waals surface area (Å²) in [6.07, 6.45) is 0. The average Bonchev–Trinajstić information content (AvgIpc) is 3.31. The van der Waals surface area contributed by atoms with Crippen LogP contribution in [-0.2, 0) is 21.4 Å². The monoisotopic (exact) mass is 498 g/mol. The molecule has 1 aliphatic heterocycles. The van der Waals surface area contributed by atoms with Crippen LogP contribution in [0.25, 0.3) is 0 Å². The van der Waals surface area contributed by atoms with Gasteiger partial charge in [0.1, 0.15) is 11.5 Å². The van der Waals surface area contributed by atoms with Crippen molar-refractivity contribution in [2.75, 3.05) is 24.7 Å². The SMILES string of the molecule is CCOc1ccc(NS(=O)(=O)c2ccc(OCC(=O)NCc3ccc4c(c3)OCO4)c(C)c2)cc1. The number of amides is 1. The standard InChI is InChI=1S/C25H26N2O7S/c1-3-31-20-7-5-19(6-8-20)27-35(29,30)21-9-11-22(17(2)12-21)32-15-25(28)26-14-18-4-10-23-24(13-18)34-16-33-23/h4-13,27H,3,14-16H2,1-2H3,(H,26,28). The average molecular weight is 499 g/mol. The molecule has 10 heteroatoms. The van der Waals surface area contributed by atoms with Crippen molar-refractivity contribution in [1.29, 1.82) is 0 Å². The molecule has 0 bridgehead atoms. The summed E-state index contributed by atoms with van der Waals surface area (Å²) in [5.74, 6) is 2.10. The number of anilines is 1. The van der Waals surface area contributed by atoms with Gasteiger partial charge in [-0.05, 0) is 79.6 Å². The van der Waals surface area contributed by atoms with Crippen molar-refractivity contribution in [3.63, 3.8) is 0 Å². The molecule has 1 aliphatic rings. The number of fused-ring (bicyclic) bond motifs is 1. The molecular formula is C25H26N2O7S. The van der Waals surface area contributed by atoms with Crippen molar-refractivity contribution in [2.45, 2.75) is 25.3 Å².